The monoisotopic (exact) mass is 493 g/mol. The number of amides is 2. The Kier molecular flexibility index (Phi) is 6.42. The maximum absolute atomic E-state index is 12.8. The van der Waals surface area contributed by atoms with Crippen LogP contribution in [-0.2, 0) is 14.4 Å². The number of rotatable bonds is 7. The van der Waals surface area contributed by atoms with Crippen LogP contribution in [0.1, 0.15) is 16.6 Å². The molecule has 0 bridgehead atoms. The van der Waals surface area contributed by atoms with Gasteiger partial charge in [-0.05, 0) is 30.2 Å². The van der Waals surface area contributed by atoms with Gasteiger partial charge in [-0.1, -0.05) is 35.2 Å². The smallest absolute Gasteiger partial charge is 0.352 e. The van der Waals surface area contributed by atoms with E-state index in [4.69, 9.17) is 5.73 Å². The number of aliphatic carboxylic acids is 1. The van der Waals surface area contributed by atoms with E-state index in [2.05, 4.69) is 15.5 Å². The third-order valence-corrected chi connectivity index (χ3v) is 8.33. The molecule has 0 saturated carbocycles. The van der Waals surface area contributed by atoms with Gasteiger partial charge in [0.25, 0.3) is 5.91 Å². The van der Waals surface area contributed by atoms with Crippen molar-refractivity contribution in [2.45, 2.75) is 28.7 Å². The Labute approximate surface area is 195 Å². The summed E-state index contributed by atoms with van der Waals surface area (Å²) in [5.41, 5.74) is 6.94. The van der Waals surface area contributed by atoms with Crippen LogP contribution in [0, 0.1) is 6.92 Å². The number of nitrogens with one attached hydrogen (secondary N) is 1. The number of β-lactam (4-membered cyclic amide) rings is 1. The molecule has 10 nitrogen and oxygen atoms in total. The molecule has 2 amide bonds. The van der Waals surface area contributed by atoms with Gasteiger partial charge in [-0.2, -0.15) is 0 Å². The minimum atomic E-state index is -1.19. The van der Waals surface area contributed by atoms with Crippen LogP contribution in [0.15, 0.2) is 39.9 Å². The highest BCUT2D eigenvalue weighted by Gasteiger charge is 2.54. The van der Waals surface area contributed by atoms with Crippen molar-refractivity contribution in [3.05, 3.63) is 46.1 Å². The quantitative estimate of drug-likeness (QED) is 0.325. The Hall–Kier alpha value is -2.61. The summed E-state index contributed by atoms with van der Waals surface area (Å²) in [5.74, 6) is -1.50. The van der Waals surface area contributed by atoms with Gasteiger partial charge in [-0.3, -0.25) is 14.5 Å². The molecule has 2 aromatic rings. The first-order chi connectivity index (χ1) is 15.3. The second kappa shape index (κ2) is 9.10. The predicted octanol–water partition coefficient (Wildman–Crippen LogP) is 1.08. The number of aryl methyl sites for hydroxylation is 1. The Balaban J connectivity index is 1.45. The predicted molar refractivity (Wildman–Crippen MR) is 120 cm³/mol. The number of carbonyl (C=O) groups is 3. The van der Waals surface area contributed by atoms with Crippen LogP contribution >= 0.6 is 34.9 Å². The molecule has 1 aromatic heterocycles. The summed E-state index contributed by atoms with van der Waals surface area (Å²) in [7, 11) is 0. The van der Waals surface area contributed by atoms with Gasteiger partial charge in [0.2, 0.25) is 5.91 Å². The van der Waals surface area contributed by atoms with E-state index in [-0.39, 0.29) is 11.4 Å². The summed E-state index contributed by atoms with van der Waals surface area (Å²) in [6.07, 6.45) is 0. The summed E-state index contributed by atoms with van der Waals surface area (Å²) in [5, 5.41) is 30.2. The number of aromatic hydroxyl groups is 1. The number of carboxylic acid groups (broad SMARTS) is 1. The molecule has 4 rings (SSSR count). The molecule has 168 valence electrons. The minimum absolute atomic E-state index is 0.0233. The van der Waals surface area contributed by atoms with Crippen molar-refractivity contribution < 1.29 is 24.6 Å². The molecule has 0 aliphatic carbocycles. The molecule has 2 unspecified atom stereocenters. The molecule has 2 aliphatic heterocycles. The maximum atomic E-state index is 12.8. The van der Waals surface area contributed by atoms with Gasteiger partial charge in [0.05, 0.1) is 0 Å². The number of nitrogens with two attached hydrogens (primary N) is 1. The zero-order chi connectivity index (χ0) is 23.0. The molecule has 0 radical (unpaired) electrons. The number of hydrogen-bond donors (Lipinski definition) is 4. The minimum Gasteiger partial charge on any atom is -0.508 e. The summed E-state index contributed by atoms with van der Waals surface area (Å²) in [6, 6.07) is 4.06. The lowest BCUT2D eigenvalue weighted by atomic mass is 10.0. The van der Waals surface area contributed by atoms with Crippen LogP contribution in [0.25, 0.3) is 0 Å². The van der Waals surface area contributed by atoms with Crippen molar-refractivity contribution in [2.24, 2.45) is 5.73 Å². The average Bonchev–Trinajstić information content (AvgIpc) is 3.19. The van der Waals surface area contributed by atoms with Crippen LogP contribution in [0.4, 0.5) is 0 Å². The number of carboxylic acids is 1. The van der Waals surface area contributed by atoms with Crippen molar-refractivity contribution in [2.75, 3.05) is 11.5 Å². The highest BCUT2D eigenvalue weighted by Crippen LogP contribution is 2.42. The zero-order valence-electron chi connectivity index (χ0n) is 16.7. The fraction of sp³-hybridized carbons (Fsp3) is 0.316. The van der Waals surface area contributed by atoms with Crippen LogP contribution in [-0.4, -0.2) is 66.0 Å². The molecular weight excluding hydrogens is 474 g/mol. The normalized spacial score (nSPS) is 21.1. The van der Waals surface area contributed by atoms with Gasteiger partial charge in [0.15, 0.2) is 4.34 Å². The van der Waals surface area contributed by atoms with Crippen molar-refractivity contribution in [1.82, 2.24) is 20.4 Å². The van der Waals surface area contributed by atoms with E-state index in [1.807, 2.05) is 6.92 Å². The molecule has 3 atom stereocenters. The summed E-state index contributed by atoms with van der Waals surface area (Å²) in [6.45, 7) is 1.84. The number of thioether (sulfide) groups is 2. The molecule has 32 heavy (non-hydrogen) atoms. The van der Waals surface area contributed by atoms with Crippen LogP contribution in [0.5, 0.6) is 5.75 Å². The van der Waals surface area contributed by atoms with Crippen molar-refractivity contribution in [1.29, 1.82) is 0 Å². The standard InChI is InChI=1S/C19H19N5O5S3/c1-8-22-23-19(32-8)31-7-10-6-30-17-13(16(27)24(17)14(10)18(28)29)21-15(26)12(20)9-3-2-4-11(25)5-9/h2-5,12-13,17,25H,6-7,20H2,1H3,(H,21,26)(H,28,29)/t12?,13?,17-/m1/s1. The first kappa shape index (κ1) is 22.6. The van der Waals surface area contributed by atoms with Gasteiger partial charge < -0.3 is 21.3 Å². The Morgan fingerprint density at radius 1 is 1.41 bits per heavy atom. The van der Waals surface area contributed by atoms with Crippen molar-refractivity contribution >= 4 is 52.6 Å². The zero-order valence-corrected chi connectivity index (χ0v) is 19.2. The summed E-state index contributed by atoms with van der Waals surface area (Å²) < 4.78 is 0.730. The lowest BCUT2D eigenvalue weighted by Gasteiger charge is -2.49. The lowest BCUT2D eigenvalue weighted by Crippen LogP contribution is -2.71. The van der Waals surface area contributed by atoms with Gasteiger partial charge in [-0.25, -0.2) is 4.79 Å². The fourth-order valence-corrected chi connectivity index (χ4v) is 6.69. The Bertz CT molecular complexity index is 1120. The van der Waals surface area contributed by atoms with Gasteiger partial charge in [0.1, 0.15) is 33.9 Å². The first-order valence-corrected chi connectivity index (χ1v) is 12.3. The molecule has 1 saturated heterocycles. The van der Waals surface area contributed by atoms with E-state index < -0.39 is 35.2 Å². The van der Waals surface area contributed by atoms with Gasteiger partial charge in [-0.15, -0.1) is 22.0 Å². The van der Waals surface area contributed by atoms with Crippen LogP contribution < -0.4 is 11.1 Å². The Morgan fingerprint density at radius 2 is 2.19 bits per heavy atom. The molecule has 0 spiro atoms. The molecule has 2 aliphatic rings. The van der Waals surface area contributed by atoms with Crippen LogP contribution in [0.2, 0.25) is 0 Å². The fourth-order valence-electron chi connectivity index (χ4n) is 3.39. The van der Waals surface area contributed by atoms with E-state index in [1.54, 1.807) is 12.1 Å². The summed E-state index contributed by atoms with van der Waals surface area (Å²) in [4.78, 5) is 38.5. The van der Waals surface area contributed by atoms with Gasteiger partial charge in [0, 0.05) is 11.5 Å². The topological polar surface area (TPSA) is 159 Å². The van der Waals surface area contributed by atoms with Crippen molar-refractivity contribution in [3.63, 3.8) is 0 Å². The lowest BCUT2D eigenvalue weighted by molar-refractivity contribution is -0.150. The van der Waals surface area contributed by atoms with Crippen LogP contribution in [0.3, 0.4) is 0 Å². The first-order valence-electron chi connectivity index (χ1n) is 9.44. The SMILES string of the molecule is Cc1nnc(SCC2=C(C(=O)O)N3C(=O)C(NC(=O)C(N)c4cccc(O)c4)[C@H]3SC2)s1. The number of aromatic nitrogens is 2. The third-order valence-electron chi connectivity index (χ3n) is 4.94. The molecule has 3 heterocycles. The van der Waals surface area contributed by atoms with E-state index in [9.17, 15) is 24.6 Å². The van der Waals surface area contributed by atoms with E-state index in [1.165, 1.54) is 51.9 Å². The molecule has 5 N–H and O–H groups in total. The second-order valence-corrected chi connectivity index (χ2v) is 10.6. The molecule has 1 fully saturated rings. The third kappa shape index (κ3) is 4.33. The molecular formula is C19H19N5O5S3. The number of phenolic OH excluding ortho intramolecular Hbond substituents is 1. The molecule has 13 heteroatoms. The summed E-state index contributed by atoms with van der Waals surface area (Å²) >= 11 is 4.19. The number of carbonyl (C=O) groups excluding carboxylic acids is 2. The number of hydrogen-bond acceptors (Lipinski definition) is 10. The van der Waals surface area contributed by atoms with E-state index in [0.29, 0.717) is 22.6 Å². The van der Waals surface area contributed by atoms with E-state index >= 15 is 0 Å². The number of benzene rings is 1. The van der Waals surface area contributed by atoms with Crippen molar-refractivity contribution in [3.8, 4) is 5.75 Å². The Morgan fingerprint density at radius 3 is 2.84 bits per heavy atom. The highest BCUT2D eigenvalue weighted by atomic mass is 32.2. The largest absolute Gasteiger partial charge is 0.508 e. The van der Waals surface area contributed by atoms with E-state index in [0.717, 1.165) is 9.35 Å². The number of nitrogens with zero attached hydrogens (tertiary/aromatic N) is 3. The molecule has 1 aromatic carbocycles. The second-order valence-electron chi connectivity index (χ2n) is 7.10. The number of fused-ring (bicyclic) bond motifs is 1. The maximum Gasteiger partial charge on any atom is 0.352 e. The number of phenols is 1. The highest BCUT2D eigenvalue weighted by molar-refractivity contribution is 8.01. The average molecular weight is 494 g/mol. The van der Waals surface area contributed by atoms with Gasteiger partial charge >= 0.3 is 5.97 Å².